The number of likely N-dealkylation sites (N-methyl/N-ethyl adjacent to an activating group) is 1. The van der Waals surface area contributed by atoms with E-state index in [0.29, 0.717) is 25.4 Å². The normalized spacial score (nSPS) is 18.1. The Labute approximate surface area is 124 Å². The van der Waals surface area contributed by atoms with Crippen LogP contribution in [-0.2, 0) is 0 Å². The van der Waals surface area contributed by atoms with E-state index in [1.807, 2.05) is 19.0 Å². The summed E-state index contributed by atoms with van der Waals surface area (Å²) in [5, 5.41) is 2.89. The van der Waals surface area contributed by atoms with Gasteiger partial charge >= 0.3 is 6.03 Å². The monoisotopic (exact) mass is 295 g/mol. The summed E-state index contributed by atoms with van der Waals surface area (Å²) in [5.41, 5.74) is 0. The molecule has 1 aromatic rings. The van der Waals surface area contributed by atoms with E-state index in [9.17, 15) is 9.18 Å². The number of urea groups is 1. The van der Waals surface area contributed by atoms with Gasteiger partial charge in [-0.1, -0.05) is 0 Å². The van der Waals surface area contributed by atoms with Gasteiger partial charge in [-0.2, -0.15) is 0 Å². The fourth-order valence-corrected chi connectivity index (χ4v) is 2.21. The number of amides is 2. The number of halogens is 1. The summed E-state index contributed by atoms with van der Waals surface area (Å²) >= 11 is 0. The van der Waals surface area contributed by atoms with Gasteiger partial charge in [-0.05, 0) is 38.4 Å². The largest absolute Gasteiger partial charge is 0.489 e. The summed E-state index contributed by atoms with van der Waals surface area (Å²) < 4.78 is 18.6. The van der Waals surface area contributed by atoms with E-state index in [0.717, 1.165) is 13.0 Å². The lowest BCUT2D eigenvalue weighted by molar-refractivity contribution is 0.186. The van der Waals surface area contributed by atoms with Crippen molar-refractivity contribution < 1.29 is 13.9 Å². The van der Waals surface area contributed by atoms with Crippen molar-refractivity contribution in [3.8, 4) is 5.75 Å². The second-order valence-corrected chi connectivity index (χ2v) is 5.46. The Kier molecular flexibility index (Phi) is 5.38. The van der Waals surface area contributed by atoms with Crippen LogP contribution in [0.15, 0.2) is 24.3 Å². The predicted molar refractivity (Wildman–Crippen MR) is 79.0 cm³/mol. The van der Waals surface area contributed by atoms with Crippen molar-refractivity contribution in [1.82, 2.24) is 15.1 Å². The van der Waals surface area contributed by atoms with E-state index in [1.165, 1.54) is 12.1 Å². The van der Waals surface area contributed by atoms with Crippen molar-refractivity contribution in [2.24, 2.45) is 0 Å². The van der Waals surface area contributed by atoms with Crippen molar-refractivity contribution in [2.75, 3.05) is 40.3 Å². The van der Waals surface area contributed by atoms with Gasteiger partial charge in [0, 0.05) is 26.1 Å². The number of benzene rings is 1. The second-order valence-electron chi connectivity index (χ2n) is 5.46. The van der Waals surface area contributed by atoms with Gasteiger partial charge in [0.2, 0.25) is 0 Å². The number of rotatable bonds is 5. The van der Waals surface area contributed by atoms with Crippen molar-refractivity contribution in [2.45, 2.75) is 12.5 Å². The molecule has 1 heterocycles. The zero-order valence-corrected chi connectivity index (χ0v) is 12.5. The van der Waals surface area contributed by atoms with Crippen molar-refractivity contribution in [3.63, 3.8) is 0 Å². The highest BCUT2D eigenvalue weighted by Gasteiger charge is 2.27. The Morgan fingerprint density at radius 3 is 2.81 bits per heavy atom. The number of carbonyl (C=O) groups is 1. The molecule has 0 saturated carbocycles. The topological polar surface area (TPSA) is 44.8 Å². The van der Waals surface area contributed by atoms with Crippen LogP contribution in [0, 0.1) is 5.82 Å². The summed E-state index contributed by atoms with van der Waals surface area (Å²) in [5.74, 6) is 0.354. The minimum Gasteiger partial charge on any atom is -0.489 e. The molecule has 1 aromatic carbocycles. The van der Waals surface area contributed by atoms with Gasteiger partial charge in [0.05, 0.1) is 6.54 Å². The molecule has 2 amide bonds. The van der Waals surface area contributed by atoms with Crippen LogP contribution in [-0.4, -0.2) is 62.2 Å². The van der Waals surface area contributed by atoms with Crippen molar-refractivity contribution >= 4 is 6.03 Å². The molecular formula is C15H22FN3O2. The molecule has 116 valence electrons. The summed E-state index contributed by atoms with van der Waals surface area (Å²) in [6, 6.07) is 5.90. The van der Waals surface area contributed by atoms with Crippen molar-refractivity contribution in [1.29, 1.82) is 0 Å². The molecule has 1 unspecified atom stereocenters. The maximum Gasteiger partial charge on any atom is 0.317 e. The zero-order chi connectivity index (χ0) is 15.2. The minimum atomic E-state index is -0.282. The molecule has 1 aliphatic rings. The molecule has 0 bridgehead atoms. The molecule has 21 heavy (non-hydrogen) atoms. The third-order valence-electron chi connectivity index (χ3n) is 3.38. The minimum absolute atomic E-state index is 0.0324. The molecule has 0 radical (unpaired) electrons. The van der Waals surface area contributed by atoms with Crippen LogP contribution < -0.4 is 10.1 Å². The third-order valence-corrected chi connectivity index (χ3v) is 3.38. The molecule has 0 aliphatic carbocycles. The van der Waals surface area contributed by atoms with E-state index in [4.69, 9.17) is 4.74 Å². The van der Waals surface area contributed by atoms with Gasteiger partial charge < -0.3 is 19.9 Å². The summed E-state index contributed by atoms with van der Waals surface area (Å²) in [6.07, 6.45) is 0.758. The Morgan fingerprint density at radius 2 is 2.14 bits per heavy atom. The standard InChI is InChI=1S/C15H22FN3O2/c1-18(2)10-8-17-15(20)19-9-7-14(11-19)21-13-5-3-12(16)4-6-13/h3-6,14H,7-11H2,1-2H3,(H,17,20). The van der Waals surface area contributed by atoms with E-state index in [1.54, 1.807) is 17.0 Å². The number of carbonyl (C=O) groups excluding carboxylic acids is 1. The molecule has 6 heteroatoms. The van der Waals surface area contributed by atoms with Gasteiger partial charge in [0.25, 0.3) is 0 Å². The summed E-state index contributed by atoms with van der Waals surface area (Å²) in [7, 11) is 3.93. The number of ether oxygens (including phenoxy) is 1. The molecule has 1 aliphatic heterocycles. The van der Waals surface area contributed by atoms with Crippen LogP contribution in [0.4, 0.5) is 9.18 Å². The molecule has 2 rings (SSSR count). The number of hydrogen-bond donors (Lipinski definition) is 1. The third kappa shape index (κ3) is 4.90. The molecule has 1 fully saturated rings. The van der Waals surface area contributed by atoms with Gasteiger partial charge in [-0.3, -0.25) is 0 Å². The first kappa shape index (κ1) is 15.6. The Balaban J connectivity index is 1.75. The highest BCUT2D eigenvalue weighted by Crippen LogP contribution is 2.18. The molecule has 1 saturated heterocycles. The summed E-state index contributed by atoms with van der Waals surface area (Å²) in [6.45, 7) is 2.69. The number of nitrogens with zero attached hydrogens (tertiary/aromatic N) is 2. The smallest absolute Gasteiger partial charge is 0.317 e. The van der Waals surface area contributed by atoms with Crippen LogP contribution in [0.2, 0.25) is 0 Å². The number of likely N-dealkylation sites (tertiary alicyclic amines) is 1. The van der Waals surface area contributed by atoms with Crippen LogP contribution >= 0.6 is 0 Å². The van der Waals surface area contributed by atoms with Gasteiger partial charge in [0.1, 0.15) is 17.7 Å². The number of nitrogens with one attached hydrogen (secondary N) is 1. The first-order valence-corrected chi connectivity index (χ1v) is 7.14. The fourth-order valence-electron chi connectivity index (χ4n) is 2.21. The maximum absolute atomic E-state index is 12.8. The maximum atomic E-state index is 12.8. The van der Waals surface area contributed by atoms with Crippen LogP contribution in [0.5, 0.6) is 5.75 Å². The first-order chi connectivity index (χ1) is 10.0. The van der Waals surface area contributed by atoms with Gasteiger partial charge in [-0.15, -0.1) is 0 Å². The molecular weight excluding hydrogens is 273 g/mol. The molecule has 0 spiro atoms. The molecule has 0 aromatic heterocycles. The lowest BCUT2D eigenvalue weighted by Crippen LogP contribution is -2.41. The van der Waals surface area contributed by atoms with E-state index in [-0.39, 0.29) is 18.0 Å². The van der Waals surface area contributed by atoms with Crippen LogP contribution in [0.25, 0.3) is 0 Å². The van der Waals surface area contributed by atoms with E-state index < -0.39 is 0 Å². The van der Waals surface area contributed by atoms with Gasteiger partial charge in [-0.25, -0.2) is 9.18 Å². The van der Waals surface area contributed by atoms with Crippen LogP contribution in [0.1, 0.15) is 6.42 Å². The van der Waals surface area contributed by atoms with Gasteiger partial charge in [0.15, 0.2) is 0 Å². The van der Waals surface area contributed by atoms with E-state index in [2.05, 4.69) is 5.32 Å². The Bertz CT molecular complexity index is 464. The fraction of sp³-hybridized carbons (Fsp3) is 0.533. The highest BCUT2D eigenvalue weighted by atomic mass is 19.1. The zero-order valence-electron chi connectivity index (χ0n) is 12.5. The van der Waals surface area contributed by atoms with E-state index >= 15 is 0 Å². The lowest BCUT2D eigenvalue weighted by Gasteiger charge is -2.18. The quantitative estimate of drug-likeness (QED) is 0.896. The molecule has 1 N–H and O–H groups in total. The molecule has 1 atom stereocenters. The number of hydrogen-bond acceptors (Lipinski definition) is 3. The SMILES string of the molecule is CN(C)CCNC(=O)N1CCC(Oc2ccc(F)cc2)C1. The summed E-state index contributed by atoms with van der Waals surface area (Å²) in [4.78, 5) is 15.7. The first-order valence-electron chi connectivity index (χ1n) is 7.14. The van der Waals surface area contributed by atoms with Crippen molar-refractivity contribution in [3.05, 3.63) is 30.1 Å². The highest BCUT2D eigenvalue weighted by molar-refractivity contribution is 5.74. The average molecular weight is 295 g/mol. The Hall–Kier alpha value is -1.82. The lowest BCUT2D eigenvalue weighted by atomic mass is 10.3. The Morgan fingerprint density at radius 1 is 1.43 bits per heavy atom. The molecule has 5 nitrogen and oxygen atoms in total. The second kappa shape index (κ2) is 7.26. The predicted octanol–water partition coefficient (Wildman–Crippen LogP) is 1.55. The van der Waals surface area contributed by atoms with Crippen LogP contribution in [0.3, 0.4) is 0 Å². The average Bonchev–Trinajstić information content (AvgIpc) is 2.89.